The molecule has 1 fully saturated rings. The van der Waals surface area contributed by atoms with E-state index in [0.717, 1.165) is 67.8 Å². The van der Waals surface area contributed by atoms with E-state index >= 15 is 0 Å². The number of primary amides is 1. The van der Waals surface area contributed by atoms with Crippen molar-refractivity contribution in [3.05, 3.63) is 28.5 Å². The molecule has 7 heteroatoms. The van der Waals surface area contributed by atoms with E-state index in [4.69, 9.17) is 10.5 Å². The average Bonchev–Trinajstić information content (AvgIpc) is 3.17. The molecular formula is C17H24N4O2S. The van der Waals surface area contributed by atoms with Gasteiger partial charge in [-0.25, -0.2) is 4.98 Å². The van der Waals surface area contributed by atoms with Crippen molar-refractivity contribution >= 4 is 17.2 Å². The minimum absolute atomic E-state index is 0.382. The molecule has 0 atom stereocenters. The molecule has 24 heavy (non-hydrogen) atoms. The van der Waals surface area contributed by atoms with Gasteiger partial charge < -0.3 is 15.0 Å². The van der Waals surface area contributed by atoms with Crippen molar-refractivity contribution in [3.63, 3.8) is 0 Å². The van der Waals surface area contributed by atoms with Crippen LogP contribution in [0.1, 0.15) is 28.2 Å². The van der Waals surface area contributed by atoms with E-state index in [1.807, 2.05) is 19.2 Å². The lowest BCUT2D eigenvalue weighted by Crippen LogP contribution is -2.37. The van der Waals surface area contributed by atoms with Gasteiger partial charge in [0, 0.05) is 54.7 Å². The maximum absolute atomic E-state index is 12.0. The van der Waals surface area contributed by atoms with Gasteiger partial charge in [0.2, 0.25) is 0 Å². The first kappa shape index (κ1) is 17.1. The van der Waals surface area contributed by atoms with Gasteiger partial charge in [0.15, 0.2) is 0 Å². The van der Waals surface area contributed by atoms with Crippen LogP contribution in [0.4, 0.5) is 0 Å². The quantitative estimate of drug-likeness (QED) is 0.867. The third kappa shape index (κ3) is 3.38. The zero-order valence-electron chi connectivity index (χ0n) is 14.2. The Morgan fingerprint density at radius 2 is 2.04 bits per heavy atom. The van der Waals surface area contributed by atoms with Gasteiger partial charge in [-0.2, -0.15) is 0 Å². The van der Waals surface area contributed by atoms with Crippen LogP contribution in [0.5, 0.6) is 0 Å². The van der Waals surface area contributed by atoms with Gasteiger partial charge in [-0.3, -0.25) is 9.69 Å². The highest BCUT2D eigenvalue weighted by Gasteiger charge is 2.23. The van der Waals surface area contributed by atoms with E-state index in [0.29, 0.717) is 5.56 Å². The van der Waals surface area contributed by atoms with Gasteiger partial charge >= 0.3 is 0 Å². The zero-order valence-corrected chi connectivity index (χ0v) is 15.1. The highest BCUT2D eigenvalue weighted by molar-refractivity contribution is 7.13. The second-order valence-electron chi connectivity index (χ2n) is 6.08. The molecule has 0 radical (unpaired) electrons. The highest BCUT2D eigenvalue weighted by atomic mass is 32.1. The number of hydrogen-bond acceptors (Lipinski definition) is 5. The number of carbonyl (C=O) groups is 1. The summed E-state index contributed by atoms with van der Waals surface area (Å²) in [4.78, 5) is 18.8. The van der Waals surface area contributed by atoms with Crippen LogP contribution < -0.4 is 5.73 Å². The number of thiazole rings is 1. The van der Waals surface area contributed by atoms with Crippen molar-refractivity contribution in [1.82, 2.24) is 14.5 Å². The molecule has 0 bridgehead atoms. The van der Waals surface area contributed by atoms with Gasteiger partial charge in [0.1, 0.15) is 5.01 Å². The Kier molecular flexibility index (Phi) is 5.33. The lowest BCUT2D eigenvalue weighted by molar-refractivity contribution is 0.0369. The van der Waals surface area contributed by atoms with Crippen LogP contribution in [0.2, 0.25) is 0 Å². The third-order valence-electron chi connectivity index (χ3n) is 4.64. The number of amides is 1. The fraction of sp³-hybridized carbons (Fsp3) is 0.529. The number of nitrogens with two attached hydrogens (primary N) is 1. The Morgan fingerprint density at radius 3 is 2.67 bits per heavy atom. The molecule has 2 aromatic rings. The Labute approximate surface area is 146 Å². The molecule has 1 amide bonds. The van der Waals surface area contributed by atoms with Crippen LogP contribution in [-0.4, -0.2) is 53.2 Å². The van der Waals surface area contributed by atoms with Gasteiger partial charge in [0.05, 0.1) is 18.8 Å². The third-order valence-corrected chi connectivity index (χ3v) is 5.43. The summed E-state index contributed by atoms with van der Waals surface area (Å²) in [6.07, 6.45) is 2.79. The average molecular weight is 348 g/mol. The zero-order chi connectivity index (χ0) is 17.1. The van der Waals surface area contributed by atoms with Crippen molar-refractivity contribution in [1.29, 1.82) is 0 Å². The Hall–Kier alpha value is -1.70. The predicted octanol–water partition coefficient (Wildman–Crippen LogP) is 2.05. The van der Waals surface area contributed by atoms with Gasteiger partial charge in [-0.1, -0.05) is 0 Å². The lowest BCUT2D eigenvalue weighted by atomic mass is 10.1. The topological polar surface area (TPSA) is 73.4 Å². The number of hydrogen-bond donors (Lipinski definition) is 1. The summed E-state index contributed by atoms with van der Waals surface area (Å²) in [5.74, 6) is -0.382. The van der Waals surface area contributed by atoms with Crippen LogP contribution >= 0.6 is 11.3 Å². The molecule has 0 spiro atoms. The number of rotatable bonds is 6. The first-order valence-corrected chi connectivity index (χ1v) is 9.17. The lowest BCUT2D eigenvalue weighted by Gasteiger charge is -2.26. The molecule has 2 N–H and O–H groups in total. The van der Waals surface area contributed by atoms with Crippen molar-refractivity contribution in [2.75, 3.05) is 32.8 Å². The van der Waals surface area contributed by atoms with Crippen LogP contribution in [0.15, 0.2) is 11.6 Å². The highest BCUT2D eigenvalue weighted by Crippen LogP contribution is 2.33. The van der Waals surface area contributed by atoms with Gasteiger partial charge in [-0.15, -0.1) is 11.3 Å². The van der Waals surface area contributed by atoms with Crippen molar-refractivity contribution < 1.29 is 9.53 Å². The Balaban J connectivity index is 1.80. The summed E-state index contributed by atoms with van der Waals surface area (Å²) in [5.41, 5.74) is 9.15. The summed E-state index contributed by atoms with van der Waals surface area (Å²) in [6.45, 7) is 9.58. The maximum Gasteiger partial charge on any atom is 0.251 e. The van der Waals surface area contributed by atoms with Crippen LogP contribution in [0, 0.1) is 13.8 Å². The molecule has 6 nitrogen and oxygen atoms in total. The van der Waals surface area contributed by atoms with Crippen LogP contribution in [0.3, 0.4) is 0 Å². The molecule has 0 unspecified atom stereocenters. The van der Waals surface area contributed by atoms with Crippen molar-refractivity contribution in [2.45, 2.75) is 26.8 Å². The normalized spacial score (nSPS) is 15.8. The fourth-order valence-corrected chi connectivity index (χ4v) is 4.15. The van der Waals surface area contributed by atoms with Crippen molar-refractivity contribution in [2.24, 2.45) is 5.73 Å². The molecule has 0 aromatic carbocycles. The maximum atomic E-state index is 12.0. The number of nitrogens with zero attached hydrogens (tertiary/aromatic N) is 3. The molecule has 3 heterocycles. The van der Waals surface area contributed by atoms with Gasteiger partial charge in [-0.05, 0) is 20.3 Å². The second kappa shape index (κ2) is 7.46. The SMILES string of the molecule is Cc1c(C(N)=O)c(-c2nccs2)c(C)n1CCCN1CCOCC1. The second-order valence-corrected chi connectivity index (χ2v) is 6.98. The first-order valence-electron chi connectivity index (χ1n) is 8.29. The predicted molar refractivity (Wildman–Crippen MR) is 95.4 cm³/mol. The molecule has 1 saturated heterocycles. The largest absolute Gasteiger partial charge is 0.379 e. The van der Waals surface area contributed by atoms with Gasteiger partial charge in [0.25, 0.3) is 5.91 Å². The van der Waals surface area contributed by atoms with E-state index in [-0.39, 0.29) is 5.91 Å². The molecule has 0 aliphatic carbocycles. The Bertz CT molecular complexity index is 703. The number of carbonyl (C=O) groups excluding carboxylic acids is 1. The summed E-state index contributed by atoms with van der Waals surface area (Å²) in [6, 6.07) is 0. The van der Waals surface area contributed by atoms with Crippen LogP contribution in [0.25, 0.3) is 10.6 Å². The van der Waals surface area contributed by atoms with Crippen molar-refractivity contribution in [3.8, 4) is 10.6 Å². The minimum atomic E-state index is -0.382. The summed E-state index contributed by atoms with van der Waals surface area (Å²) >= 11 is 1.54. The molecule has 1 aliphatic rings. The standard InChI is InChI=1S/C17H24N4O2S/c1-12-14(16(18)22)15(17-19-4-11-24-17)13(2)21(12)6-3-5-20-7-9-23-10-8-20/h4,11H,3,5-10H2,1-2H3,(H2,18,22). The molecule has 130 valence electrons. The molecular weight excluding hydrogens is 324 g/mol. The molecule has 3 rings (SSSR count). The minimum Gasteiger partial charge on any atom is -0.379 e. The van der Waals surface area contributed by atoms with E-state index < -0.39 is 0 Å². The fourth-order valence-electron chi connectivity index (χ4n) is 3.41. The van der Waals surface area contributed by atoms with E-state index in [1.165, 1.54) is 11.3 Å². The monoisotopic (exact) mass is 348 g/mol. The first-order chi connectivity index (χ1) is 11.6. The van der Waals surface area contributed by atoms with E-state index in [9.17, 15) is 4.79 Å². The molecule has 0 saturated carbocycles. The number of ether oxygens (including phenoxy) is 1. The molecule has 2 aromatic heterocycles. The van der Waals surface area contributed by atoms with Crippen LogP contribution in [-0.2, 0) is 11.3 Å². The number of aromatic nitrogens is 2. The van der Waals surface area contributed by atoms with E-state index in [2.05, 4.69) is 14.5 Å². The van der Waals surface area contributed by atoms with E-state index in [1.54, 1.807) is 6.20 Å². The summed E-state index contributed by atoms with van der Waals surface area (Å²) < 4.78 is 7.59. The summed E-state index contributed by atoms with van der Waals surface area (Å²) in [5, 5.41) is 2.78. The molecule has 1 aliphatic heterocycles. The number of morpholine rings is 1. The smallest absolute Gasteiger partial charge is 0.251 e. The summed E-state index contributed by atoms with van der Waals surface area (Å²) in [7, 11) is 0. The Morgan fingerprint density at radius 1 is 1.29 bits per heavy atom.